The Kier molecular flexibility index (Phi) is 6.82. The van der Waals surface area contributed by atoms with E-state index in [1.807, 2.05) is 35.7 Å². The Hall–Kier alpha value is -1.01. The second kappa shape index (κ2) is 9.08. The number of hydrogen-bond acceptors (Lipinski definition) is 5. The summed E-state index contributed by atoms with van der Waals surface area (Å²) in [6.45, 7) is 2.25. The average Bonchev–Trinajstić information content (AvgIpc) is 3.16. The van der Waals surface area contributed by atoms with Crippen LogP contribution in [0.1, 0.15) is 42.8 Å². The second-order valence-corrected chi connectivity index (χ2v) is 9.43. The number of methoxy groups -OCH3 is 1. The normalized spacial score (nSPS) is 24.1. The van der Waals surface area contributed by atoms with E-state index in [1.165, 1.54) is 36.3 Å². The number of benzene rings is 1. The first-order chi connectivity index (χ1) is 12.2. The number of ether oxygens (including phenoxy) is 2. The minimum absolute atomic E-state index is 0.0336. The van der Waals surface area contributed by atoms with Gasteiger partial charge >= 0.3 is 0 Å². The van der Waals surface area contributed by atoms with Crippen molar-refractivity contribution < 1.29 is 14.3 Å². The van der Waals surface area contributed by atoms with E-state index in [4.69, 9.17) is 9.47 Å². The highest BCUT2D eigenvalue weighted by Gasteiger charge is 2.23. The van der Waals surface area contributed by atoms with Gasteiger partial charge in [-0.3, -0.25) is 4.79 Å². The van der Waals surface area contributed by atoms with Crippen LogP contribution in [0, 0.1) is 5.92 Å². The lowest BCUT2D eigenvalue weighted by Crippen LogP contribution is -2.43. The fraction of sp³-hybridized carbons (Fsp3) is 0.632. The van der Waals surface area contributed by atoms with Crippen molar-refractivity contribution in [1.29, 1.82) is 0 Å². The Balaban J connectivity index is 1.55. The minimum Gasteiger partial charge on any atom is -0.493 e. The molecule has 1 aromatic rings. The van der Waals surface area contributed by atoms with Gasteiger partial charge in [0.2, 0.25) is 0 Å². The molecule has 1 saturated carbocycles. The molecule has 3 rings (SSSR count). The van der Waals surface area contributed by atoms with E-state index < -0.39 is 0 Å². The highest BCUT2D eigenvalue weighted by Crippen LogP contribution is 2.46. The van der Waals surface area contributed by atoms with E-state index >= 15 is 0 Å². The third-order valence-electron chi connectivity index (χ3n) is 4.90. The summed E-state index contributed by atoms with van der Waals surface area (Å²) in [6, 6.07) is 6.32. The predicted molar refractivity (Wildman–Crippen MR) is 106 cm³/mol. The number of carbonyl (C=O) groups is 1. The highest BCUT2D eigenvalue weighted by molar-refractivity contribution is 8.19. The van der Waals surface area contributed by atoms with Crippen LogP contribution in [0.2, 0.25) is 0 Å². The molecule has 0 bridgehead atoms. The third-order valence-corrected chi connectivity index (χ3v) is 8.00. The Morgan fingerprint density at radius 1 is 1.20 bits per heavy atom. The monoisotopic (exact) mass is 381 g/mol. The summed E-state index contributed by atoms with van der Waals surface area (Å²) < 4.78 is 11.7. The van der Waals surface area contributed by atoms with Crippen LogP contribution < -0.4 is 14.8 Å². The fourth-order valence-corrected chi connectivity index (χ4v) is 6.26. The van der Waals surface area contributed by atoms with Crippen molar-refractivity contribution >= 4 is 29.4 Å². The molecular weight excluding hydrogens is 354 g/mol. The van der Waals surface area contributed by atoms with Gasteiger partial charge in [-0.15, -0.1) is 23.5 Å². The summed E-state index contributed by atoms with van der Waals surface area (Å²) >= 11 is 3.92. The molecule has 25 heavy (non-hydrogen) atoms. The van der Waals surface area contributed by atoms with Crippen molar-refractivity contribution in [2.45, 2.75) is 43.2 Å². The number of hydrogen-bond donors (Lipinski definition) is 1. The van der Waals surface area contributed by atoms with Gasteiger partial charge in [0, 0.05) is 17.5 Å². The first kappa shape index (κ1) is 18.8. The number of thioether (sulfide) groups is 2. The maximum absolute atomic E-state index is 12.2. The molecule has 0 radical (unpaired) electrons. The van der Waals surface area contributed by atoms with E-state index in [0.717, 1.165) is 6.42 Å². The Morgan fingerprint density at radius 2 is 1.96 bits per heavy atom. The van der Waals surface area contributed by atoms with Crippen LogP contribution in [0.15, 0.2) is 18.2 Å². The number of nitrogens with one attached hydrogen (secondary N) is 1. The van der Waals surface area contributed by atoms with Crippen LogP contribution in [-0.2, 0) is 4.79 Å². The van der Waals surface area contributed by atoms with E-state index in [0.29, 0.717) is 22.0 Å². The van der Waals surface area contributed by atoms with Crippen molar-refractivity contribution in [2.75, 3.05) is 25.2 Å². The van der Waals surface area contributed by atoms with E-state index in [2.05, 4.69) is 18.3 Å². The van der Waals surface area contributed by atoms with Crippen LogP contribution in [0.4, 0.5) is 0 Å². The molecule has 6 heteroatoms. The maximum atomic E-state index is 12.2. The Bertz CT molecular complexity index is 590. The van der Waals surface area contributed by atoms with E-state index in [9.17, 15) is 4.79 Å². The van der Waals surface area contributed by atoms with Crippen molar-refractivity contribution in [2.24, 2.45) is 5.92 Å². The molecule has 1 amide bonds. The largest absolute Gasteiger partial charge is 0.493 e. The molecule has 1 heterocycles. The quantitative estimate of drug-likeness (QED) is 0.798. The van der Waals surface area contributed by atoms with Gasteiger partial charge < -0.3 is 14.8 Å². The molecule has 1 N–H and O–H groups in total. The zero-order valence-corrected chi connectivity index (χ0v) is 16.6. The topological polar surface area (TPSA) is 47.6 Å². The average molecular weight is 382 g/mol. The molecule has 2 atom stereocenters. The van der Waals surface area contributed by atoms with Gasteiger partial charge in [-0.05, 0) is 36.5 Å². The van der Waals surface area contributed by atoms with Gasteiger partial charge in [-0.1, -0.05) is 25.8 Å². The molecule has 1 aromatic carbocycles. The second-order valence-electron chi connectivity index (χ2n) is 6.71. The molecule has 2 fully saturated rings. The van der Waals surface area contributed by atoms with Crippen LogP contribution in [-0.4, -0.2) is 37.2 Å². The standard InChI is InChI=1S/C19H27NO3S2/c1-13-5-3-4-6-15(13)20-18(21)12-23-16-8-7-14(11-17(16)22-2)19-24-9-10-25-19/h7-8,11,13,15,19H,3-6,9-10,12H2,1-2H3,(H,20,21)/t13-,15+/m1/s1. The Labute approximate surface area is 158 Å². The summed E-state index contributed by atoms with van der Waals surface area (Å²) in [7, 11) is 1.64. The van der Waals surface area contributed by atoms with Crippen LogP contribution in [0.5, 0.6) is 11.5 Å². The van der Waals surface area contributed by atoms with Gasteiger partial charge in [0.05, 0.1) is 11.7 Å². The molecule has 4 nitrogen and oxygen atoms in total. The molecule has 0 aromatic heterocycles. The van der Waals surface area contributed by atoms with Crippen molar-refractivity contribution in [3.05, 3.63) is 23.8 Å². The lowest BCUT2D eigenvalue weighted by atomic mass is 9.86. The van der Waals surface area contributed by atoms with Crippen molar-refractivity contribution in [3.8, 4) is 11.5 Å². The van der Waals surface area contributed by atoms with Gasteiger partial charge in [0.15, 0.2) is 18.1 Å². The lowest BCUT2D eigenvalue weighted by Gasteiger charge is -2.29. The predicted octanol–water partition coefficient (Wildman–Crippen LogP) is 4.25. The van der Waals surface area contributed by atoms with Crippen LogP contribution in [0.25, 0.3) is 0 Å². The fourth-order valence-electron chi connectivity index (χ4n) is 3.42. The van der Waals surface area contributed by atoms with Gasteiger partial charge in [-0.2, -0.15) is 0 Å². The van der Waals surface area contributed by atoms with Gasteiger partial charge in [0.25, 0.3) is 5.91 Å². The molecule has 1 aliphatic heterocycles. The first-order valence-corrected chi connectivity index (χ1v) is 11.1. The summed E-state index contributed by atoms with van der Waals surface area (Å²) in [5.74, 6) is 4.21. The molecule has 1 aliphatic carbocycles. The third kappa shape index (κ3) is 5.00. The molecular formula is C19H27NO3S2. The molecule has 0 spiro atoms. The lowest BCUT2D eigenvalue weighted by molar-refractivity contribution is -0.124. The van der Waals surface area contributed by atoms with E-state index in [1.54, 1.807) is 7.11 Å². The van der Waals surface area contributed by atoms with Crippen molar-refractivity contribution in [1.82, 2.24) is 5.32 Å². The SMILES string of the molecule is COc1cc(C2SCCS2)ccc1OCC(=O)N[C@H]1CCCC[C@H]1C. The highest BCUT2D eigenvalue weighted by atomic mass is 32.2. The van der Waals surface area contributed by atoms with E-state index in [-0.39, 0.29) is 18.6 Å². The summed E-state index contributed by atoms with van der Waals surface area (Å²) in [6.07, 6.45) is 4.73. The minimum atomic E-state index is -0.0493. The zero-order valence-electron chi connectivity index (χ0n) is 15.0. The summed E-state index contributed by atoms with van der Waals surface area (Å²) in [5, 5.41) is 3.12. The van der Waals surface area contributed by atoms with Crippen LogP contribution in [0.3, 0.4) is 0 Å². The smallest absolute Gasteiger partial charge is 0.258 e. The molecule has 138 valence electrons. The van der Waals surface area contributed by atoms with Crippen LogP contribution >= 0.6 is 23.5 Å². The molecule has 2 aliphatic rings. The molecule has 1 saturated heterocycles. The first-order valence-electron chi connectivity index (χ1n) is 9.00. The maximum Gasteiger partial charge on any atom is 0.258 e. The Morgan fingerprint density at radius 3 is 2.68 bits per heavy atom. The van der Waals surface area contributed by atoms with Crippen molar-refractivity contribution in [3.63, 3.8) is 0 Å². The number of carbonyl (C=O) groups excluding carboxylic acids is 1. The zero-order chi connectivity index (χ0) is 17.6. The van der Waals surface area contributed by atoms with Gasteiger partial charge in [0.1, 0.15) is 0 Å². The number of rotatable bonds is 6. The number of amides is 1. The summed E-state index contributed by atoms with van der Waals surface area (Å²) in [5.41, 5.74) is 1.25. The molecule has 0 unspecified atom stereocenters. The summed E-state index contributed by atoms with van der Waals surface area (Å²) in [4.78, 5) is 12.2. The van der Waals surface area contributed by atoms with Gasteiger partial charge in [-0.25, -0.2) is 0 Å².